The highest BCUT2D eigenvalue weighted by molar-refractivity contribution is 6.04. The number of aromatic hydroxyl groups is 1. The van der Waals surface area contributed by atoms with Crippen LogP contribution in [0.15, 0.2) is 12.1 Å². The molecule has 0 aliphatic rings. The van der Waals surface area contributed by atoms with E-state index in [1.165, 1.54) is 12.1 Å². The third-order valence-corrected chi connectivity index (χ3v) is 3.86. The molecule has 0 heterocycles. The highest BCUT2D eigenvalue weighted by Crippen LogP contribution is 2.41. The Balaban J connectivity index is 3.90. The molecule has 5 N–H and O–H groups in total. The number of phenols is 1. The van der Waals surface area contributed by atoms with Gasteiger partial charge in [-0.15, -0.1) is 0 Å². The van der Waals surface area contributed by atoms with E-state index in [1.807, 2.05) is 41.5 Å². The number of nitrogens with two attached hydrogens (primary N) is 1. The van der Waals surface area contributed by atoms with Gasteiger partial charge in [0, 0.05) is 0 Å². The van der Waals surface area contributed by atoms with Crippen LogP contribution >= 0.6 is 0 Å². The fourth-order valence-electron chi connectivity index (χ4n) is 2.34. The summed E-state index contributed by atoms with van der Waals surface area (Å²) in [5.41, 5.74) is 2.94. The summed E-state index contributed by atoms with van der Waals surface area (Å²) < 4.78 is 0. The molecule has 0 aliphatic heterocycles. The largest absolute Gasteiger partial charge is 0.507 e. The van der Waals surface area contributed by atoms with Gasteiger partial charge >= 0.3 is 11.9 Å². The molecule has 0 amide bonds. The summed E-state index contributed by atoms with van der Waals surface area (Å²) in [6.45, 7) is 11.1. The number of hydrogen-bond acceptors (Lipinski definition) is 4. The van der Waals surface area contributed by atoms with Gasteiger partial charge in [0.2, 0.25) is 5.54 Å². The molecule has 0 saturated carbocycles. The SMILES string of the molecule is CC(C)(C)c1cc(C(N)(C(=O)O)C(=O)O)cc(C(C)(C)C)c1O. The molecule has 0 spiro atoms. The standard InChI is InChI=1S/C17H25NO5/c1-15(2,3)10-7-9(17(18,13(20)21)14(22)23)8-11(12(10)19)16(4,5)6/h7-8,19H,18H2,1-6H3,(H,20,21)(H,22,23). The molecule has 0 bridgehead atoms. The minimum absolute atomic E-state index is 0.0341. The number of carboxylic acid groups (broad SMARTS) is 2. The average molecular weight is 323 g/mol. The molecule has 128 valence electrons. The maximum Gasteiger partial charge on any atom is 0.340 e. The first-order valence-electron chi connectivity index (χ1n) is 7.27. The van der Waals surface area contributed by atoms with Gasteiger partial charge in [-0.05, 0) is 39.7 Å². The van der Waals surface area contributed by atoms with Crippen LogP contribution in [0.3, 0.4) is 0 Å². The van der Waals surface area contributed by atoms with Gasteiger partial charge in [-0.25, -0.2) is 9.59 Å². The molecule has 0 atom stereocenters. The van der Waals surface area contributed by atoms with Crippen LogP contribution in [0.1, 0.15) is 58.2 Å². The predicted octanol–water partition coefficient (Wildman–Crippen LogP) is 2.31. The predicted molar refractivity (Wildman–Crippen MR) is 86.6 cm³/mol. The van der Waals surface area contributed by atoms with Crippen molar-refractivity contribution >= 4 is 11.9 Å². The molecule has 6 heteroatoms. The second kappa shape index (κ2) is 5.53. The molecular weight excluding hydrogens is 298 g/mol. The first kappa shape index (κ1) is 19.0. The van der Waals surface area contributed by atoms with Gasteiger partial charge in [-0.3, -0.25) is 0 Å². The molecular formula is C17H25NO5. The molecule has 0 aliphatic carbocycles. The lowest BCUT2D eigenvalue weighted by atomic mass is 9.76. The third kappa shape index (κ3) is 3.32. The molecule has 1 aromatic carbocycles. The van der Waals surface area contributed by atoms with Gasteiger partial charge in [0.1, 0.15) is 5.75 Å². The van der Waals surface area contributed by atoms with E-state index in [2.05, 4.69) is 0 Å². The molecule has 6 nitrogen and oxygen atoms in total. The quantitative estimate of drug-likeness (QED) is 0.633. The zero-order valence-electron chi connectivity index (χ0n) is 14.4. The van der Waals surface area contributed by atoms with Gasteiger partial charge in [0.15, 0.2) is 0 Å². The number of rotatable bonds is 3. The lowest BCUT2D eigenvalue weighted by Crippen LogP contribution is -2.52. The Morgan fingerprint density at radius 1 is 0.870 bits per heavy atom. The van der Waals surface area contributed by atoms with Crippen LogP contribution in [0.25, 0.3) is 0 Å². The van der Waals surface area contributed by atoms with E-state index in [0.717, 1.165) is 0 Å². The third-order valence-electron chi connectivity index (χ3n) is 3.86. The zero-order chi connectivity index (χ0) is 18.4. The van der Waals surface area contributed by atoms with Gasteiger partial charge < -0.3 is 21.1 Å². The molecule has 0 unspecified atom stereocenters. The summed E-state index contributed by atoms with van der Waals surface area (Å²) in [5, 5.41) is 29.3. The van der Waals surface area contributed by atoms with E-state index in [1.54, 1.807) is 0 Å². The van der Waals surface area contributed by atoms with E-state index in [0.29, 0.717) is 11.1 Å². The molecule has 0 aromatic heterocycles. The molecule has 1 aromatic rings. The minimum atomic E-state index is -2.58. The van der Waals surface area contributed by atoms with E-state index in [4.69, 9.17) is 5.73 Å². The number of carbonyl (C=O) groups is 2. The number of carboxylic acids is 2. The van der Waals surface area contributed by atoms with E-state index >= 15 is 0 Å². The Kier molecular flexibility index (Phi) is 4.56. The maximum atomic E-state index is 11.5. The minimum Gasteiger partial charge on any atom is -0.507 e. The normalized spacial score (nSPS) is 13.0. The fraction of sp³-hybridized carbons (Fsp3) is 0.529. The molecule has 1 rings (SSSR count). The smallest absolute Gasteiger partial charge is 0.340 e. The van der Waals surface area contributed by atoms with Crippen molar-refractivity contribution in [1.82, 2.24) is 0 Å². The van der Waals surface area contributed by atoms with E-state index in [-0.39, 0.29) is 11.3 Å². The first-order valence-corrected chi connectivity index (χ1v) is 7.27. The second-order valence-corrected chi connectivity index (χ2v) is 7.84. The summed E-state index contributed by atoms with van der Waals surface area (Å²) in [4.78, 5) is 23.0. The number of phenolic OH excluding ortho intramolecular Hbond substituents is 1. The monoisotopic (exact) mass is 323 g/mol. The Morgan fingerprint density at radius 3 is 1.39 bits per heavy atom. The maximum absolute atomic E-state index is 11.5. The van der Waals surface area contributed by atoms with Gasteiger partial charge in [-0.1, -0.05) is 41.5 Å². The van der Waals surface area contributed by atoms with Crippen LogP contribution in [0.4, 0.5) is 0 Å². The lowest BCUT2D eigenvalue weighted by molar-refractivity contribution is -0.157. The Hall–Kier alpha value is -2.08. The van der Waals surface area contributed by atoms with Crippen molar-refractivity contribution in [2.24, 2.45) is 5.73 Å². The van der Waals surface area contributed by atoms with Gasteiger partial charge in [0.25, 0.3) is 0 Å². The van der Waals surface area contributed by atoms with Crippen LogP contribution in [0, 0.1) is 0 Å². The van der Waals surface area contributed by atoms with E-state index < -0.39 is 28.3 Å². The van der Waals surface area contributed by atoms with Crippen LogP contribution < -0.4 is 5.73 Å². The van der Waals surface area contributed by atoms with Crippen LogP contribution in [0.5, 0.6) is 5.75 Å². The van der Waals surface area contributed by atoms with Crippen molar-refractivity contribution in [2.75, 3.05) is 0 Å². The van der Waals surface area contributed by atoms with Crippen molar-refractivity contribution in [1.29, 1.82) is 0 Å². The van der Waals surface area contributed by atoms with E-state index in [9.17, 15) is 24.9 Å². The molecule has 0 saturated heterocycles. The number of benzene rings is 1. The summed E-state index contributed by atoms with van der Waals surface area (Å²) >= 11 is 0. The fourth-order valence-corrected chi connectivity index (χ4v) is 2.34. The topological polar surface area (TPSA) is 121 Å². The molecule has 0 radical (unpaired) electrons. The average Bonchev–Trinajstić information content (AvgIpc) is 2.34. The van der Waals surface area contributed by atoms with Crippen molar-refractivity contribution in [3.05, 3.63) is 28.8 Å². The molecule has 23 heavy (non-hydrogen) atoms. The number of hydrogen-bond donors (Lipinski definition) is 4. The van der Waals surface area contributed by atoms with Crippen molar-refractivity contribution in [3.8, 4) is 5.75 Å². The summed E-state index contributed by atoms with van der Waals surface area (Å²) in [7, 11) is 0. The summed E-state index contributed by atoms with van der Waals surface area (Å²) in [6, 6.07) is 2.74. The summed E-state index contributed by atoms with van der Waals surface area (Å²) in [6.07, 6.45) is 0. The van der Waals surface area contributed by atoms with Crippen LogP contribution in [-0.2, 0) is 26.0 Å². The highest BCUT2D eigenvalue weighted by Gasteiger charge is 2.46. The van der Waals surface area contributed by atoms with Crippen LogP contribution in [-0.4, -0.2) is 27.3 Å². The van der Waals surface area contributed by atoms with Crippen molar-refractivity contribution in [2.45, 2.75) is 57.9 Å². The highest BCUT2D eigenvalue weighted by atomic mass is 16.4. The Bertz CT molecular complexity index is 601. The first-order chi connectivity index (χ1) is 10.1. The van der Waals surface area contributed by atoms with Gasteiger partial charge in [0.05, 0.1) is 0 Å². The molecule has 0 fully saturated rings. The zero-order valence-corrected chi connectivity index (χ0v) is 14.4. The number of aliphatic carboxylic acids is 2. The Labute approximate surface area is 135 Å². The Morgan fingerprint density at radius 2 is 1.17 bits per heavy atom. The summed E-state index contributed by atoms with van der Waals surface area (Å²) in [5.74, 6) is -3.28. The van der Waals surface area contributed by atoms with Crippen molar-refractivity contribution < 1.29 is 24.9 Å². The second-order valence-electron chi connectivity index (χ2n) is 7.84. The van der Waals surface area contributed by atoms with Gasteiger partial charge in [-0.2, -0.15) is 0 Å². The van der Waals surface area contributed by atoms with Crippen LogP contribution in [0.2, 0.25) is 0 Å². The lowest BCUT2D eigenvalue weighted by Gasteiger charge is -2.30. The van der Waals surface area contributed by atoms with Crippen molar-refractivity contribution in [3.63, 3.8) is 0 Å².